The first-order valence-corrected chi connectivity index (χ1v) is 9.30. The molecule has 1 aromatic heterocycles. The minimum Gasteiger partial charge on any atom is -0.369 e. The summed E-state index contributed by atoms with van der Waals surface area (Å²) >= 11 is 1.35. The van der Waals surface area contributed by atoms with Crippen LogP contribution in [0.1, 0.15) is 44.8 Å². The van der Waals surface area contributed by atoms with Crippen LogP contribution in [-0.4, -0.2) is 34.6 Å². The molecule has 0 spiro atoms. The van der Waals surface area contributed by atoms with Crippen molar-refractivity contribution in [3.05, 3.63) is 50.7 Å². The number of halogens is 1. The van der Waals surface area contributed by atoms with Crippen molar-refractivity contribution in [1.82, 2.24) is 9.88 Å². The average Bonchev–Trinajstić information content (AvgIpc) is 2.92. The van der Waals surface area contributed by atoms with Crippen molar-refractivity contribution in [3.8, 4) is 0 Å². The van der Waals surface area contributed by atoms with Gasteiger partial charge in [-0.15, -0.1) is 11.3 Å². The second-order valence-electron chi connectivity index (χ2n) is 6.93. The second kappa shape index (κ2) is 6.84. The zero-order valence-corrected chi connectivity index (χ0v) is 16.5. The van der Waals surface area contributed by atoms with E-state index in [0.717, 1.165) is 5.01 Å². The molecule has 1 aliphatic heterocycles. The number of guanidine groups is 1. The van der Waals surface area contributed by atoms with E-state index in [1.54, 1.807) is 26.0 Å². The van der Waals surface area contributed by atoms with E-state index in [2.05, 4.69) is 9.98 Å². The number of carbonyl (C=O) groups excluding carboxylic acids is 2. The van der Waals surface area contributed by atoms with Crippen molar-refractivity contribution in [2.24, 2.45) is 10.7 Å². The van der Waals surface area contributed by atoms with Crippen LogP contribution in [0, 0.1) is 19.7 Å². The number of benzene rings is 1. The maximum atomic E-state index is 14.6. The monoisotopic (exact) mass is 388 g/mol. The van der Waals surface area contributed by atoms with Gasteiger partial charge in [-0.2, -0.15) is 0 Å². The summed E-state index contributed by atoms with van der Waals surface area (Å²) in [5, 5.41) is 0.831. The number of nitrogens with zero attached hydrogens (tertiary/aromatic N) is 3. The minimum atomic E-state index is -1.10. The van der Waals surface area contributed by atoms with Crippen molar-refractivity contribution < 1.29 is 14.0 Å². The Kier molecular flexibility index (Phi) is 4.86. The predicted molar refractivity (Wildman–Crippen MR) is 102 cm³/mol. The molecule has 1 atom stereocenters. The van der Waals surface area contributed by atoms with E-state index < -0.39 is 11.4 Å². The molecular formula is C19H21FN4O2S. The summed E-state index contributed by atoms with van der Waals surface area (Å²) in [6, 6.07) is 4.49. The molecule has 0 bridgehead atoms. The van der Waals surface area contributed by atoms with Crippen molar-refractivity contribution in [2.75, 3.05) is 7.05 Å². The fraction of sp³-hybridized carbons (Fsp3) is 0.368. The van der Waals surface area contributed by atoms with Crippen LogP contribution in [0.5, 0.6) is 0 Å². The van der Waals surface area contributed by atoms with Crippen LogP contribution >= 0.6 is 11.3 Å². The van der Waals surface area contributed by atoms with Crippen LogP contribution in [0.3, 0.4) is 0 Å². The number of ketones is 1. The molecule has 0 radical (unpaired) electrons. The number of Topliss-reactive ketones (excluding diaryl/α,β-unsaturated/α-hetero) is 1. The number of rotatable bonds is 4. The third-order valence-electron chi connectivity index (χ3n) is 4.71. The van der Waals surface area contributed by atoms with Gasteiger partial charge in [-0.05, 0) is 38.5 Å². The summed E-state index contributed by atoms with van der Waals surface area (Å²) in [4.78, 5) is 35.3. The molecule has 1 aromatic carbocycles. The Balaban J connectivity index is 1.94. The third-order valence-corrected chi connectivity index (χ3v) is 5.82. The Morgan fingerprint density at radius 2 is 2.11 bits per heavy atom. The number of nitrogens with two attached hydrogens (primary N) is 1. The third kappa shape index (κ3) is 3.62. The number of carbonyl (C=O) groups is 2. The quantitative estimate of drug-likeness (QED) is 0.816. The van der Waals surface area contributed by atoms with E-state index in [9.17, 15) is 14.0 Å². The highest BCUT2D eigenvalue weighted by atomic mass is 32.1. The first kappa shape index (κ1) is 19.2. The fourth-order valence-electron chi connectivity index (χ4n) is 3.21. The summed E-state index contributed by atoms with van der Waals surface area (Å²) in [6.45, 7) is 5.33. The van der Waals surface area contributed by atoms with Gasteiger partial charge in [0.05, 0.1) is 27.5 Å². The molecule has 0 aliphatic carbocycles. The Bertz CT molecular complexity index is 969. The van der Waals surface area contributed by atoms with Crippen LogP contribution in [-0.2, 0) is 16.8 Å². The topological polar surface area (TPSA) is 88.7 Å². The number of aliphatic imine (C=N–C) groups is 1. The molecule has 142 valence electrons. The SMILES string of the molecule is Cc1nc(C)c(C(=O)Cc2ccc(F)c(C3(C)CC(=O)N(C)C(N)=N3)c2)s1. The van der Waals surface area contributed by atoms with Crippen LogP contribution in [0.4, 0.5) is 4.39 Å². The first-order valence-electron chi connectivity index (χ1n) is 8.49. The lowest BCUT2D eigenvalue weighted by molar-refractivity contribution is -0.128. The maximum absolute atomic E-state index is 14.6. The normalized spacial score (nSPS) is 20.0. The molecule has 1 amide bonds. The molecule has 1 aliphatic rings. The zero-order chi connectivity index (χ0) is 19.9. The summed E-state index contributed by atoms with van der Waals surface area (Å²) in [5.74, 6) is -0.734. The lowest BCUT2D eigenvalue weighted by Gasteiger charge is -2.34. The van der Waals surface area contributed by atoms with Gasteiger partial charge in [-0.25, -0.2) is 14.4 Å². The van der Waals surface area contributed by atoms with Gasteiger partial charge in [0.2, 0.25) is 5.91 Å². The van der Waals surface area contributed by atoms with Crippen LogP contribution < -0.4 is 5.73 Å². The van der Waals surface area contributed by atoms with Gasteiger partial charge in [0, 0.05) is 19.0 Å². The Morgan fingerprint density at radius 3 is 2.70 bits per heavy atom. The smallest absolute Gasteiger partial charge is 0.231 e. The number of aryl methyl sites for hydroxylation is 2. The lowest BCUT2D eigenvalue weighted by Crippen LogP contribution is -2.47. The van der Waals surface area contributed by atoms with E-state index >= 15 is 0 Å². The largest absolute Gasteiger partial charge is 0.369 e. The highest BCUT2D eigenvalue weighted by molar-refractivity contribution is 7.13. The molecule has 1 unspecified atom stereocenters. The predicted octanol–water partition coefficient (Wildman–Crippen LogP) is 2.72. The standard InChI is InChI=1S/C19H21FN4O2S/c1-10-17(27-11(2)22-10)15(25)8-12-5-6-14(20)13(7-12)19(3)9-16(26)24(4)18(21)23-19/h5-7H,8-9H2,1-4H3,(H2,21,23). The average molecular weight is 388 g/mol. The molecule has 2 heterocycles. The van der Waals surface area contributed by atoms with Gasteiger partial charge in [-0.3, -0.25) is 14.5 Å². The van der Waals surface area contributed by atoms with Gasteiger partial charge in [0.25, 0.3) is 0 Å². The second-order valence-corrected chi connectivity index (χ2v) is 8.14. The Labute approximate surface area is 160 Å². The molecule has 0 saturated carbocycles. The van der Waals surface area contributed by atoms with E-state index in [1.165, 1.54) is 29.4 Å². The van der Waals surface area contributed by atoms with Gasteiger partial charge in [-0.1, -0.05) is 6.07 Å². The number of aromatic nitrogens is 1. The summed E-state index contributed by atoms with van der Waals surface area (Å²) < 4.78 is 14.6. The molecule has 8 heteroatoms. The molecule has 27 heavy (non-hydrogen) atoms. The number of hydrogen-bond donors (Lipinski definition) is 1. The molecule has 3 rings (SSSR count). The molecule has 0 fully saturated rings. The number of amides is 1. The van der Waals surface area contributed by atoms with Crippen LogP contribution in [0.15, 0.2) is 23.2 Å². The zero-order valence-electron chi connectivity index (χ0n) is 15.7. The summed E-state index contributed by atoms with van der Waals surface area (Å²) in [6.07, 6.45) is 0.130. The highest BCUT2D eigenvalue weighted by Gasteiger charge is 2.38. The first-order chi connectivity index (χ1) is 12.6. The van der Waals surface area contributed by atoms with Crippen LogP contribution in [0.25, 0.3) is 0 Å². The minimum absolute atomic E-state index is 0.00562. The Morgan fingerprint density at radius 1 is 1.41 bits per heavy atom. The fourth-order valence-corrected chi connectivity index (χ4v) is 4.07. The summed E-state index contributed by atoms with van der Waals surface area (Å²) in [7, 11) is 1.53. The van der Waals surface area contributed by atoms with Crippen molar-refractivity contribution >= 4 is 29.0 Å². The van der Waals surface area contributed by atoms with E-state index in [4.69, 9.17) is 5.73 Å². The number of thiazole rings is 1. The highest BCUT2D eigenvalue weighted by Crippen LogP contribution is 2.35. The van der Waals surface area contributed by atoms with Gasteiger partial charge in [0.15, 0.2) is 11.7 Å². The van der Waals surface area contributed by atoms with Crippen molar-refractivity contribution in [2.45, 2.75) is 39.2 Å². The van der Waals surface area contributed by atoms with Gasteiger partial charge >= 0.3 is 0 Å². The van der Waals surface area contributed by atoms with E-state index in [1.807, 2.05) is 6.92 Å². The van der Waals surface area contributed by atoms with Crippen molar-refractivity contribution in [1.29, 1.82) is 0 Å². The molecule has 2 aromatic rings. The number of hydrogen-bond acceptors (Lipinski definition) is 6. The Hall–Kier alpha value is -2.61. The molecular weight excluding hydrogens is 367 g/mol. The molecule has 0 saturated heterocycles. The molecule has 2 N–H and O–H groups in total. The lowest BCUT2D eigenvalue weighted by atomic mass is 9.85. The van der Waals surface area contributed by atoms with Crippen molar-refractivity contribution in [3.63, 3.8) is 0 Å². The van der Waals surface area contributed by atoms with E-state index in [0.29, 0.717) is 16.1 Å². The van der Waals surface area contributed by atoms with E-state index in [-0.39, 0.29) is 36.1 Å². The van der Waals surface area contributed by atoms with Gasteiger partial charge < -0.3 is 5.73 Å². The van der Waals surface area contributed by atoms with Gasteiger partial charge in [0.1, 0.15) is 5.82 Å². The summed E-state index contributed by atoms with van der Waals surface area (Å²) in [5.41, 5.74) is 6.33. The molecule has 6 nitrogen and oxygen atoms in total. The van der Waals surface area contributed by atoms with Crippen LogP contribution in [0.2, 0.25) is 0 Å². The maximum Gasteiger partial charge on any atom is 0.231 e.